The van der Waals surface area contributed by atoms with E-state index in [0.717, 1.165) is 10.9 Å². The normalized spacial score (nSPS) is 11.7. The highest BCUT2D eigenvalue weighted by Gasteiger charge is 2.20. The zero-order chi connectivity index (χ0) is 13.2. The molecule has 2 rings (SSSR count). The zero-order valence-corrected chi connectivity index (χ0v) is 10.7. The molecule has 3 N–H and O–H groups in total. The molecule has 1 aromatic heterocycles. The molecule has 0 saturated heterocycles. The molecule has 0 bridgehead atoms. The summed E-state index contributed by atoms with van der Waals surface area (Å²) in [5.41, 5.74) is 1.24. The molecule has 0 radical (unpaired) electrons. The zero-order valence-electron chi connectivity index (χ0n) is 10.7. The van der Waals surface area contributed by atoms with E-state index in [1.165, 1.54) is 0 Å². The number of rotatable bonds is 4. The van der Waals surface area contributed by atoms with Crippen molar-refractivity contribution in [1.29, 1.82) is 0 Å². The third-order valence-electron chi connectivity index (χ3n) is 3.00. The average Bonchev–Trinajstić information content (AvgIpc) is 2.74. The minimum absolute atomic E-state index is 0.0596. The van der Waals surface area contributed by atoms with Gasteiger partial charge in [0.05, 0.1) is 0 Å². The van der Waals surface area contributed by atoms with Crippen molar-refractivity contribution in [3.8, 4) is 0 Å². The standard InChI is InChI=1S/C14H18N2O2/c1-14(2,6-8-17)16-13(18)11-3-4-12-10(9-11)5-7-15-12/h3-5,7,9,15,17H,6,8H2,1-2H3,(H,16,18). The molecule has 0 spiro atoms. The minimum atomic E-state index is -0.404. The first-order valence-electron chi connectivity index (χ1n) is 6.02. The molecule has 0 aliphatic rings. The number of nitrogens with one attached hydrogen (secondary N) is 2. The molecule has 0 aliphatic carbocycles. The number of aliphatic hydroxyl groups is 1. The van der Waals surface area contributed by atoms with Crippen molar-refractivity contribution in [2.24, 2.45) is 0 Å². The number of hydrogen-bond acceptors (Lipinski definition) is 2. The molecular formula is C14H18N2O2. The summed E-state index contributed by atoms with van der Waals surface area (Å²) in [6.07, 6.45) is 2.38. The number of aromatic amines is 1. The van der Waals surface area contributed by atoms with E-state index >= 15 is 0 Å². The largest absolute Gasteiger partial charge is 0.396 e. The van der Waals surface area contributed by atoms with Gasteiger partial charge in [-0.1, -0.05) is 0 Å². The van der Waals surface area contributed by atoms with E-state index in [1.807, 2.05) is 38.2 Å². The predicted octanol–water partition coefficient (Wildman–Crippen LogP) is 2.06. The lowest BCUT2D eigenvalue weighted by atomic mass is 10.0. The van der Waals surface area contributed by atoms with E-state index < -0.39 is 5.54 Å². The minimum Gasteiger partial charge on any atom is -0.396 e. The van der Waals surface area contributed by atoms with E-state index in [9.17, 15) is 4.79 Å². The maximum absolute atomic E-state index is 12.1. The van der Waals surface area contributed by atoms with Crippen LogP contribution >= 0.6 is 0 Å². The van der Waals surface area contributed by atoms with Gasteiger partial charge in [0.1, 0.15) is 0 Å². The van der Waals surface area contributed by atoms with Crippen LogP contribution in [-0.2, 0) is 0 Å². The van der Waals surface area contributed by atoms with Crippen LogP contribution in [0.1, 0.15) is 30.6 Å². The third-order valence-corrected chi connectivity index (χ3v) is 3.00. The molecule has 1 aromatic carbocycles. The Bertz CT molecular complexity index is 558. The Morgan fingerprint density at radius 2 is 2.17 bits per heavy atom. The Balaban J connectivity index is 2.17. The molecule has 18 heavy (non-hydrogen) atoms. The van der Waals surface area contributed by atoms with Crippen LogP contribution in [0, 0.1) is 0 Å². The Labute approximate surface area is 106 Å². The first-order valence-corrected chi connectivity index (χ1v) is 6.02. The summed E-state index contributed by atoms with van der Waals surface area (Å²) >= 11 is 0. The quantitative estimate of drug-likeness (QED) is 0.773. The number of aromatic nitrogens is 1. The summed E-state index contributed by atoms with van der Waals surface area (Å²) in [6, 6.07) is 7.48. The maximum atomic E-state index is 12.1. The number of carbonyl (C=O) groups is 1. The van der Waals surface area contributed by atoms with Crippen LogP contribution in [0.25, 0.3) is 10.9 Å². The van der Waals surface area contributed by atoms with Gasteiger partial charge in [-0.3, -0.25) is 4.79 Å². The van der Waals surface area contributed by atoms with Crippen molar-refractivity contribution in [1.82, 2.24) is 10.3 Å². The average molecular weight is 246 g/mol. The number of amides is 1. The molecular weight excluding hydrogens is 228 g/mol. The van der Waals surface area contributed by atoms with Gasteiger partial charge in [0.2, 0.25) is 0 Å². The fraction of sp³-hybridized carbons (Fsp3) is 0.357. The van der Waals surface area contributed by atoms with Crippen LogP contribution in [0.5, 0.6) is 0 Å². The van der Waals surface area contributed by atoms with E-state index in [0.29, 0.717) is 12.0 Å². The molecule has 1 amide bonds. The molecule has 0 unspecified atom stereocenters. The monoisotopic (exact) mass is 246 g/mol. The molecule has 2 aromatic rings. The van der Waals surface area contributed by atoms with Gasteiger partial charge in [0.25, 0.3) is 5.91 Å². The van der Waals surface area contributed by atoms with E-state index in [-0.39, 0.29) is 12.5 Å². The molecule has 96 valence electrons. The van der Waals surface area contributed by atoms with Gasteiger partial charge < -0.3 is 15.4 Å². The fourth-order valence-electron chi connectivity index (χ4n) is 1.92. The van der Waals surface area contributed by atoms with Crippen LogP contribution in [-0.4, -0.2) is 28.1 Å². The van der Waals surface area contributed by atoms with Crippen molar-refractivity contribution >= 4 is 16.8 Å². The SMILES string of the molecule is CC(C)(CCO)NC(=O)c1ccc2[nH]ccc2c1. The van der Waals surface area contributed by atoms with Crippen molar-refractivity contribution in [2.75, 3.05) is 6.61 Å². The lowest BCUT2D eigenvalue weighted by Crippen LogP contribution is -2.44. The lowest BCUT2D eigenvalue weighted by Gasteiger charge is -2.25. The number of aliphatic hydroxyl groups excluding tert-OH is 1. The Hall–Kier alpha value is -1.81. The number of fused-ring (bicyclic) bond motifs is 1. The van der Waals surface area contributed by atoms with E-state index in [1.54, 1.807) is 6.07 Å². The number of benzene rings is 1. The van der Waals surface area contributed by atoms with Crippen LogP contribution in [0.4, 0.5) is 0 Å². The predicted molar refractivity (Wildman–Crippen MR) is 71.5 cm³/mol. The number of H-pyrrole nitrogens is 1. The smallest absolute Gasteiger partial charge is 0.251 e. The maximum Gasteiger partial charge on any atom is 0.251 e. The van der Waals surface area contributed by atoms with Crippen molar-refractivity contribution in [3.63, 3.8) is 0 Å². The highest BCUT2D eigenvalue weighted by Crippen LogP contribution is 2.15. The van der Waals surface area contributed by atoms with Crippen LogP contribution in [0.2, 0.25) is 0 Å². The van der Waals surface area contributed by atoms with Crippen molar-refractivity contribution in [3.05, 3.63) is 36.0 Å². The summed E-state index contributed by atoms with van der Waals surface area (Å²) < 4.78 is 0. The van der Waals surface area contributed by atoms with Gasteiger partial charge in [0.15, 0.2) is 0 Å². The molecule has 4 heteroatoms. The molecule has 0 atom stereocenters. The summed E-state index contributed by atoms with van der Waals surface area (Å²) in [5.74, 6) is -0.114. The summed E-state index contributed by atoms with van der Waals surface area (Å²) in [4.78, 5) is 15.2. The second-order valence-corrected chi connectivity index (χ2v) is 5.09. The van der Waals surface area contributed by atoms with Crippen LogP contribution < -0.4 is 5.32 Å². The first kappa shape index (κ1) is 12.6. The van der Waals surface area contributed by atoms with Crippen molar-refractivity contribution < 1.29 is 9.90 Å². The van der Waals surface area contributed by atoms with Crippen LogP contribution in [0.15, 0.2) is 30.5 Å². The Morgan fingerprint density at radius 3 is 2.89 bits per heavy atom. The van der Waals surface area contributed by atoms with Gasteiger partial charge in [0, 0.05) is 34.8 Å². The second-order valence-electron chi connectivity index (χ2n) is 5.09. The molecule has 0 saturated carbocycles. The highest BCUT2D eigenvalue weighted by atomic mass is 16.3. The summed E-state index contributed by atoms with van der Waals surface area (Å²) in [7, 11) is 0. The van der Waals surface area contributed by atoms with Crippen LogP contribution in [0.3, 0.4) is 0 Å². The van der Waals surface area contributed by atoms with Gasteiger partial charge in [-0.05, 0) is 44.5 Å². The van der Waals surface area contributed by atoms with Gasteiger partial charge >= 0.3 is 0 Å². The van der Waals surface area contributed by atoms with E-state index in [4.69, 9.17) is 5.11 Å². The Morgan fingerprint density at radius 1 is 1.39 bits per heavy atom. The third kappa shape index (κ3) is 2.71. The van der Waals surface area contributed by atoms with Crippen molar-refractivity contribution in [2.45, 2.75) is 25.8 Å². The van der Waals surface area contributed by atoms with Gasteiger partial charge in [-0.2, -0.15) is 0 Å². The molecule has 1 heterocycles. The number of carbonyl (C=O) groups excluding carboxylic acids is 1. The van der Waals surface area contributed by atoms with Gasteiger partial charge in [-0.25, -0.2) is 0 Å². The topological polar surface area (TPSA) is 65.1 Å². The highest BCUT2D eigenvalue weighted by molar-refractivity contribution is 5.98. The Kier molecular flexibility index (Phi) is 3.39. The lowest BCUT2D eigenvalue weighted by molar-refractivity contribution is 0.0899. The summed E-state index contributed by atoms with van der Waals surface area (Å²) in [6.45, 7) is 3.86. The molecule has 4 nitrogen and oxygen atoms in total. The number of hydrogen-bond donors (Lipinski definition) is 3. The van der Waals surface area contributed by atoms with E-state index in [2.05, 4.69) is 10.3 Å². The first-order chi connectivity index (χ1) is 8.52. The summed E-state index contributed by atoms with van der Waals surface area (Å²) in [5, 5.41) is 12.9. The van der Waals surface area contributed by atoms with Gasteiger partial charge in [-0.15, -0.1) is 0 Å². The second kappa shape index (κ2) is 4.82. The molecule has 0 aliphatic heterocycles. The fourth-order valence-corrected chi connectivity index (χ4v) is 1.92. The molecule has 0 fully saturated rings.